The molecule has 4 fully saturated rings. The van der Waals surface area contributed by atoms with Crippen molar-refractivity contribution in [1.82, 2.24) is 0 Å². The number of aliphatic hydroxyl groups is 1. The number of carboxylic acids is 1. The third-order valence-electron chi connectivity index (χ3n) is 13.5. The van der Waals surface area contributed by atoms with Crippen LogP contribution >= 0.6 is 15.9 Å². The van der Waals surface area contributed by atoms with Crippen LogP contribution in [0.3, 0.4) is 0 Å². The molecule has 0 aromatic heterocycles. The van der Waals surface area contributed by atoms with E-state index in [0.29, 0.717) is 42.4 Å². The zero-order valence-corrected chi connectivity index (χ0v) is 29.9. The molecule has 4 aliphatic rings. The fourth-order valence-corrected chi connectivity index (χ4v) is 11.5. The number of allylic oxidation sites excluding steroid dienone is 3. The van der Waals surface area contributed by atoms with Gasteiger partial charge in [0.15, 0.2) is 0 Å². The third-order valence-corrected chi connectivity index (χ3v) is 14.0. The number of benzene rings is 1. The average molecular weight is 668 g/mol. The topological polar surface area (TPSA) is 66.8 Å². The first-order valence-electron chi connectivity index (χ1n) is 16.9. The maximum Gasteiger partial charge on any atom is 0.331 e. The van der Waals surface area contributed by atoms with Gasteiger partial charge in [-0.25, -0.2) is 4.79 Å². The van der Waals surface area contributed by atoms with Gasteiger partial charge in [-0.3, -0.25) is 0 Å². The molecule has 5 rings (SSSR count). The molecule has 4 aliphatic carbocycles. The molecule has 242 valence electrons. The van der Waals surface area contributed by atoms with E-state index in [-0.39, 0.29) is 34.2 Å². The minimum Gasteiger partial charge on any atom is -0.491 e. The van der Waals surface area contributed by atoms with E-state index < -0.39 is 12.1 Å². The molecule has 0 heterocycles. The highest BCUT2D eigenvalue weighted by Gasteiger charge is 2.70. The van der Waals surface area contributed by atoms with Gasteiger partial charge in [0, 0.05) is 10.0 Å². The van der Waals surface area contributed by atoms with E-state index >= 15 is 0 Å². The van der Waals surface area contributed by atoms with Crippen LogP contribution in [0, 0.1) is 45.8 Å². The van der Waals surface area contributed by atoms with E-state index in [2.05, 4.69) is 83.1 Å². The molecule has 5 heteroatoms. The Kier molecular flexibility index (Phi) is 9.19. The number of aliphatic carboxylic acids is 1. The van der Waals surface area contributed by atoms with E-state index in [0.717, 1.165) is 40.8 Å². The Bertz CT molecular complexity index is 1370. The predicted octanol–water partition coefficient (Wildman–Crippen LogP) is 10.2. The van der Waals surface area contributed by atoms with Crippen molar-refractivity contribution in [2.45, 2.75) is 119 Å². The second kappa shape index (κ2) is 12.1. The second-order valence-corrected chi connectivity index (χ2v) is 16.9. The van der Waals surface area contributed by atoms with Crippen molar-refractivity contribution in [2.24, 2.45) is 45.8 Å². The Balaban J connectivity index is 1.58. The zero-order valence-electron chi connectivity index (χ0n) is 28.3. The molecule has 0 spiro atoms. The predicted molar refractivity (Wildman–Crippen MR) is 183 cm³/mol. The summed E-state index contributed by atoms with van der Waals surface area (Å²) in [6.07, 6.45) is 6.25. The van der Waals surface area contributed by atoms with Gasteiger partial charge in [0.2, 0.25) is 0 Å². The Morgan fingerprint density at radius 1 is 1.07 bits per heavy atom. The molecule has 0 aliphatic heterocycles. The molecule has 2 N–H and O–H groups in total. The van der Waals surface area contributed by atoms with Gasteiger partial charge in [0.25, 0.3) is 0 Å². The van der Waals surface area contributed by atoms with E-state index in [9.17, 15) is 15.0 Å². The van der Waals surface area contributed by atoms with Crippen LogP contribution in [0.5, 0.6) is 0 Å². The highest BCUT2D eigenvalue weighted by Crippen LogP contribution is 2.74. The summed E-state index contributed by atoms with van der Waals surface area (Å²) in [5, 5.41) is 23.0. The van der Waals surface area contributed by atoms with Crippen LogP contribution in [0.1, 0.15) is 112 Å². The molecule has 44 heavy (non-hydrogen) atoms. The maximum atomic E-state index is 13.2. The number of fused-ring (bicyclic) bond motifs is 5. The first-order chi connectivity index (χ1) is 20.5. The van der Waals surface area contributed by atoms with Crippen molar-refractivity contribution in [3.05, 3.63) is 63.4 Å². The van der Waals surface area contributed by atoms with Crippen LogP contribution in [-0.4, -0.2) is 28.4 Å². The number of hydrogen-bond donors (Lipinski definition) is 2. The van der Waals surface area contributed by atoms with Gasteiger partial charge in [-0.2, -0.15) is 0 Å². The summed E-state index contributed by atoms with van der Waals surface area (Å²) in [6, 6.07) is 8.25. The van der Waals surface area contributed by atoms with Gasteiger partial charge >= 0.3 is 5.97 Å². The molecule has 4 saturated carbocycles. The molecular formula is C39H55BrO4. The van der Waals surface area contributed by atoms with Crippen molar-refractivity contribution < 1.29 is 19.7 Å². The Morgan fingerprint density at radius 2 is 1.77 bits per heavy atom. The van der Waals surface area contributed by atoms with Crippen molar-refractivity contribution >= 4 is 27.5 Å². The summed E-state index contributed by atoms with van der Waals surface area (Å²) in [5.74, 6) is 1.89. The van der Waals surface area contributed by atoms with Crippen LogP contribution in [0.4, 0.5) is 0 Å². The summed E-state index contributed by atoms with van der Waals surface area (Å²) < 4.78 is 7.48. The molecule has 1 unspecified atom stereocenters. The molecule has 1 aromatic carbocycles. The van der Waals surface area contributed by atoms with Crippen LogP contribution in [0.15, 0.2) is 57.8 Å². The van der Waals surface area contributed by atoms with Gasteiger partial charge < -0.3 is 14.9 Å². The smallest absolute Gasteiger partial charge is 0.331 e. The minimum atomic E-state index is -0.866. The number of rotatable bonds is 7. The zero-order chi connectivity index (χ0) is 32.4. The quantitative estimate of drug-likeness (QED) is 0.224. The molecule has 10 atom stereocenters. The summed E-state index contributed by atoms with van der Waals surface area (Å²) >= 11 is 3.61. The number of halogens is 1. The Morgan fingerprint density at radius 3 is 2.39 bits per heavy atom. The molecule has 4 nitrogen and oxygen atoms in total. The first kappa shape index (κ1) is 33.5. The van der Waals surface area contributed by atoms with Crippen molar-refractivity contribution in [3.8, 4) is 0 Å². The lowest BCUT2D eigenvalue weighted by Gasteiger charge is -2.69. The monoisotopic (exact) mass is 666 g/mol. The Hall–Kier alpha value is -1.85. The van der Waals surface area contributed by atoms with Gasteiger partial charge in [-0.1, -0.05) is 74.8 Å². The number of aliphatic hydroxyl groups excluding tert-OH is 1. The van der Waals surface area contributed by atoms with Crippen molar-refractivity contribution in [2.75, 3.05) is 0 Å². The second-order valence-electron chi connectivity index (χ2n) is 15.9. The van der Waals surface area contributed by atoms with Crippen molar-refractivity contribution in [3.63, 3.8) is 0 Å². The summed E-state index contributed by atoms with van der Waals surface area (Å²) in [7, 11) is 0. The fraction of sp³-hybridized carbons (Fsp3) is 0.667. The van der Waals surface area contributed by atoms with E-state index in [1.165, 1.54) is 24.0 Å². The van der Waals surface area contributed by atoms with Crippen LogP contribution in [0.25, 0.3) is 5.57 Å². The number of carbonyl (C=O) groups is 1. The molecule has 1 aromatic rings. The fourth-order valence-electron chi connectivity index (χ4n) is 11.1. The van der Waals surface area contributed by atoms with E-state index in [4.69, 9.17) is 4.74 Å². The molecular weight excluding hydrogens is 612 g/mol. The number of hydrogen-bond acceptors (Lipinski definition) is 3. The van der Waals surface area contributed by atoms with Crippen LogP contribution in [0.2, 0.25) is 0 Å². The number of carboxylic acid groups (broad SMARTS) is 1. The standard InChI is InChI=1S/C39H55BrO4/c1-22(2)28(26-11-10-12-27(40)19-26)13-14-29(36(42)43)34-31-20-32(41)35-37(7)17-15-24(5)25(6)30(37)16-18-38(35,8)39(31,9)21-33(34)44-23(3)4/h10-12,19,24-25,30-33,35,41H,3,13-18,20-21H2,1-2,4-9H3,(H,42,43)/b34-29+/t24-,25+,30+,31+,32-,33?,35+,37+,38+,39+/m1/s1. The molecule has 0 radical (unpaired) electrons. The molecule has 0 saturated heterocycles. The molecule has 0 amide bonds. The SMILES string of the molecule is C=C(C)OC1C[C@@]2(C)[C@@H](C[C@@H](O)[C@H]3[C@@]4(C)CC[C@@H](C)[C@H](C)[C@@H]4CC[C@@]32C)/C1=C(/CCC(=C(C)C)c1cccc(Br)c1)C(=O)O. The highest BCUT2D eigenvalue weighted by molar-refractivity contribution is 9.10. The normalized spacial score (nSPS) is 40.7. The van der Waals surface area contributed by atoms with Crippen LogP contribution < -0.4 is 0 Å². The minimum absolute atomic E-state index is 0.0460. The van der Waals surface area contributed by atoms with Crippen molar-refractivity contribution in [1.29, 1.82) is 0 Å². The largest absolute Gasteiger partial charge is 0.491 e. The lowest BCUT2D eigenvalue weighted by Crippen LogP contribution is -2.65. The number of ether oxygens (including phenoxy) is 1. The Labute approximate surface area is 274 Å². The lowest BCUT2D eigenvalue weighted by atomic mass is 9.36. The van der Waals surface area contributed by atoms with E-state index in [1.54, 1.807) is 0 Å². The van der Waals surface area contributed by atoms with Gasteiger partial charge in [0.05, 0.1) is 11.9 Å². The third kappa shape index (κ3) is 5.36. The summed E-state index contributed by atoms with van der Waals surface area (Å²) in [4.78, 5) is 13.2. The molecule has 0 bridgehead atoms. The van der Waals surface area contributed by atoms with Gasteiger partial charge in [-0.15, -0.1) is 0 Å². The highest BCUT2D eigenvalue weighted by atomic mass is 79.9. The summed E-state index contributed by atoms with van der Waals surface area (Å²) in [5.41, 5.74) is 4.63. The van der Waals surface area contributed by atoms with Gasteiger partial charge in [-0.05, 0) is 147 Å². The lowest BCUT2D eigenvalue weighted by molar-refractivity contribution is -0.229. The van der Waals surface area contributed by atoms with Crippen LogP contribution in [-0.2, 0) is 9.53 Å². The van der Waals surface area contributed by atoms with Gasteiger partial charge in [0.1, 0.15) is 6.10 Å². The summed E-state index contributed by atoms with van der Waals surface area (Å²) in [6.45, 7) is 22.3. The first-order valence-corrected chi connectivity index (χ1v) is 17.7. The van der Waals surface area contributed by atoms with E-state index in [1.807, 2.05) is 19.1 Å². The average Bonchev–Trinajstić information content (AvgIpc) is 3.19. The maximum absolute atomic E-state index is 13.2.